The first-order valence-electron chi connectivity index (χ1n) is 12.4. The number of ether oxygens (including phenoxy) is 2. The molecule has 2 aromatic carbocycles. The fourth-order valence-corrected chi connectivity index (χ4v) is 5.90. The van der Waals surface area contributed by atoms with Gasteiger partial charge in [-0.05, 0) is 35.9 Å². The van der Waals surface area contributed by atoms with Crippen molar-refractivity contribution in [1.29, 1.82) is 0 Å². The van der Waals surface area contributed by atoms with Crippen molar-refractivity contribution < 1.29 is 19.1 Å². The van der Waals surface area contributed by atoms with E-state index in [1.807, 2.05) is 60.7 Å². The predicted octanol–water partition coefficient (Wildman–Crippen LogP) is 3.98. The lowest BCUT2D eigenvalue weighted by Crippen LogP contribution is -2.42. The average Bonchev–Trinajstić information content (AvgIpc) is 3.24. The Labute approximate surface area is 231 Å². The van der Waals surface area contributed by atoms with Crippen molar-refractivity contribution in [3.8, 4) is 22.8 Å². The Bertz CT molecular complexity index is 1480. The lowest BCUT2D eigenvalue weighted by atomic mass is 9.98. The third-order valence-electron chi connectivity index (χ3n) is 6.55. The zero-order valence-corrected chi connectivity index (χ0v) is 22.8. The van der Waals surface area contributed by atoms with Gasteiger partial charge in [0.05, 0.1) is 30.9 Å². The second-order valence-corrected chi connectivity index (χ2v) is 10.1. The molecule has 1 atom stereocenters. The van der Waals surface area contributed by atoms with E-state index < -0.39 is 0 Å². The fraction of sp³-hybridized carbons (Fsp3) is 0.241. The standard InChI is InChI=1S/C29H29N5O4S/c1-33-29-26(27(32-33)20-7-5-4-6-8-20)28(22-15-21(37-2)9-10-23(22)38-3)39-18-25(36)34(29)17-24(35)31-16-19-11-13-30-14-12-19/h4-15,28H,16-18H2,1-3H3,(H,31,35)/t28-/m0/s1. The van der Waals surface area contributed by atoms with Gasteiger partial charge in [0.15, 0.2) is 0 Å². The SMILES string of the molecule is COc1ccc(OC)c([C@@H]2SCC(=O)N(CC(=O)NCc3ccncc3)c3c2c(-c2ccccc2)nn3C)c1. The molecular weight excluding hydrogens is 514 g/mol. The summed E-state index contributed by atoms with van der Waals surface area (Å²) < 4.78 is 12.9. The highest BCUT2D eigenvalue weighted by Gasteiger charge is 2.37. The molecule has 1 aliphatic heterocycles. The van der Waals surface area contributed by atoms with Crippen molar-refractivity contribution in [2.45, 2.75) is 11.8 Å². The fourth-order valence-electron chi connectivity index (χ4n) is 4.69. The molecule has 1 aliphatic rings. The van der Waals surface area contributed by atoms with E-state index in [0.29, 0.717) is 23.9 Å². The van der Waals surface area contributed by atoms with Gasteiger partial charge in [0.1, 0.15) is 23.9 Å². The number of carbonyl (C=O) groups is 2. The average molecular weight is 544 g/mol. The van der Waals surface area contributed by atoms with Crippen LogP contribution in [0.1, 0.15) is 21.9 Å². The number of rotatable bonds is 8. The highest BCUT2D eigenvalue weighted by Crippen LogP contribution is 2.50. The second-order valence-electron chi connectivity index (χ2n) is 8.99. The maximum Gasteiger partial charge on any atom is 0.240 e. The van der Waals surface area contributed by atoms with Gasteiger partial charge in [-0.1, -0.05) is 30.3 Å². The number of nitrogens with zero attached hydrogens (tertiary/aromatic N) is 4. The quantitative estimate of drug-likeness (QED) is 0.359. The third kappa shape index (κ3) is 5.46. The second kappa shape index (κ2) is 11.6. The summed E-state index contributed by atoms with van der Waals surface area (Å²) in [5.41, 5.74) is 4.29. The predicted molar refractivity (Wildman–Crippen MR) is 151 cm³/mol. The Balaban J connectivity index is 1.59. The van der Waals surface area contributed by atoms with Gasteiger partial charge in [0.25, 0.3) is 0 Å². The minimum Gasteiger partial charge on any atom is -0.497 e. The minimum absolute atomic E-state index is 0.132. The number of aromatic nitrogens is 3. The molecule has 2 amide bonds. The smallest absolute Gasteiger partial charge is 0.240 e. The number of amides is 2. The van der Waals surface area contributed by atoms with Crippen LogP contribution in [0.15, 0.2) is 73.1 Å². The molecule has 39 heavy (non-hydrogen) atoms. The van der Waals surface area contributed by atoms with E-state index >= 15 is 0 Å². The van der Waals surface area contributed by atoms with E-state index in [1.165, 1.54) is 16.7 Å². The summed E-state index contributed by atoms with van der Waals surface area (Å²) in [5, 5.41) is 7.48. The van der Waals surface area contributed by atoms with Gasteiger partial charge in [-0.25, -0.2) is 0 Å². The molecule has 0 bridgehead atoms. The molecule has 4 aromatic rings. The molecule has 0 radical (unpaired) electrons. The number of methoxy groups -OCH3 is 2. The van der Waals surface area contributed by atoms with Crippen LogP contribution in [0, 0.1) is 0 Å². The zero-order valence-electron chi connectivity index (χ0n) is 22.0. The third-order valence-corrected chi connectivity index (χ3v) is 7.79. The number of thioether (sulfide) groups is 1. The van der Waals surface area contributed by atoms with Crippen molar-refractivity contribution in [1.82, 2.24) is 20.1 Å². The number of benzene rings is 2. The van der Waals surface area contributed by atoms with Crippen molar-refractivity contribution >= 4 is 29.4 Å². The van der Waals surface area contributed by atoms with Gasteiger partial charge in [-0.3, -0.25) is 24.2 Å². The van der Waals surface area contributed by atoms with Gasteiger partial charge in [0, 0.05) is 42.7 Å². The van der Waals surface area contributed by atoms with Crippen LogP contribution >= 0.6 is 11.8 Å². The highest BCUT2D eigenvalue weighted by molar-refractivity contribution is 8.00. The molecule has 0 saturated carbocycles. The monoisotopic (exact) mass is 543 g/mol. The Morgan fingerprint density at radius 3 is 2.56 bits per heavy atom. The molecule has 0 saturated heterocycles. The van der Waals surface area contributed by atoms with Crippen LogP contribution in [-0.2, 0) is 23.2 Å². The summed E-state index contributed by atoms with van der Waals surface area (Å²) in [5.74, 6) is 1.67. The summed E-state index contributed by atoms with van der Waals surface area (Å²) in [6, 6.07) is 19.2. The number of hydrogen-bond donors (Lipinski definition) is 1. The van der Waals surface area contributed by atoms with E-state index in [2.05, 4.69) is 10.3 Å². The van der Waals surface area contributed by atoms with E-state index in [9.17, 15) is 9.59 Å². The van der Waals surface area contributed by atoms with Crippen molar-refractivity contribution in [3.63, 3.8) is 0 Å². The van der Waals surface area contributed by atoms with Gasteiger partial charge in [-0.2, -0.15) is 5.10 Å². The Kier molecular flexibility index (Phi) is 7.83. The van der Waals surface area contributed by atoms with Crippen LogP contribution < -0.4 is 19.7 Å². The molecule has 0 spiro atoms. The molecule has 10 heteroatoms. The van der Waals surface area contributed by atoms with Gasteiger partial charge in [0.2, 0.25) is 11.8 Å². The van der Waals surface area contributed by atoms with Crippen LogP contribution in [0.3, 0.4) is 0 Å². The maximum atomic E-state index is 13.6. The van der Waals surface area contributed by atoms with E-state index in [0.717, 1.165) is 27.9 Å². The summed E-state index contributed by atoms with van der Waals surface area (Å²) in [6.45, 7) is 0.211. The number of nitrogens with one attached hydrogen (secondary N) is 1. The summed E-state index contributed by atoms with van der Waals surface area (Å²) in [6.07, 6.45) is 3.36. The molecule has 5 rings (SSSR count). The first-order chi connectivity index (χ1) is 19.0. The first-order valence-corrected chi connectivity index (χ1v) is 13.5. The molecule has 0 unspecified atom stereocenters. The number of pyridine rings is 1. The molecule has 0 aliphatic carbocycles. The van der Waals surface area contributed by atoms with Crippen LogP contribution in [-0.4, -0.2) is 53.1 Å². The van der Waals surface area contributed by atoms with Crippen molar-refractivity contribution in [2.24, 2.45) is 7.05 Å². The molecule has 200 valence electrons. The summed E-state index contributed by atoms with van der Waals surface area (Å²) in [4.78, 5) is 32.2. The van der Waals surface area contributed by atoms with Crippen molar-refractivity contribution in [3.05, 3.63) is 89.7 Å². The lowest BCUT2D eigenvalue weighted by Gasteiger charge is -2.23. The van der Waals surface area contributed by atoms with E-state index in [-0.39, 0.29) is 29.4 Å². The Morgan fingerprint density at radius 1 is 1.08 bits per heavy atom. The van der Waals surface area contributed by atoms with Gasteiger partial charge >= 0.3 is 0 Å². The van der Waals surface area contributed by atoms with Gasteiger partial charge < -0.3 is 14.8 Å². The normalized spacial score (nSPS) is 14.9. The highest BCUT2D eigenvalue weighted by atomic mass is 32.2. The number of anilines is 1. The number of carbonyl (C=O) groups excluding carboxylic acids is 2. The molecule has 2 aromatic heterocycles. The van der Waals surface area contributed by atoms with Crippen LogP contribution in [0.25, 0.3) is 11.3 Å². The Morgan fingerprint density at radius 2 is 1.85 bits per heavy atom. The molecule has 1 N–H and O–H groups in total. The molecular formula is C29H29N5O4S. The maximum absolute atomic E-state index is 13.6. The summed E-state index contributed by atoms with van der Waals surface area (Å²) >= 11 is 1.48. The van der Waals surface area contributed by atoms with E-state index in [4.69, 9.17) is 14.6 Å². The van der Waals surface area contributed by atoms with Crippen LogP contribution in [0.5, 0.6) is 11.5 Å². The topological polar surface area (TPSA) is 98.6 Å². The zero-order chi connectivity index (χ0) is 27.4. The van der Waals surface area contributed by atoms with Crippen molar-refractivity contribution in [2.75, 3.05) is 31.4 Å². The summed E-state index contributed by atoms with van der Waals surface area (Å²) in [7, 11) is 5.04. The largest absolute Gasteiger partial charge is 0.497 e. The molecule has 3 heterocycles. The minimum atomic E-state index is -0.303. The van der Waals surface area contributed by atoms with E-state index in [1.54, 1.807) is 38.3 Å². The van der Waals surface area contributed by atoms with Crippen LogP contribution in [0.2, 0.25) is 0 Å². The number of fused-ring (bicyclic) bond motifs is 1. The number of hydrogen-bond acceptors (Lipinski definition) is 7. The first kappa shape index (κ1) is 26.3. The number of aryl methyl sites for hydroxylation is 1. The van der Waals surface area contributed by atoms with Crippen LogP contribution in [0.4, 0.5) is 5.82 Å². The van der Waals surface area contributed by atoms with Gasteiger partial charge in [-0.15, -0.1) is 11.8 Å². The lowest BCUT2D eigenvalue weighted by molar-refractivity contribution is -0.123. The molecule has 9 nitrogen and oxygen atoms in total. The molecule has 0 fully saturated rings. The Hall–Kier alpha value is -4.31.